The average Bonchev–Trinajstić information content (AvgIpc) is 2.81. The highest BCUT2D eigenvalue weighted by Crippen LogP contribution is 2.32. The maximum Gasteiger partial charge on any atom is 0.306 e. The van der Waals surface area contributed by atoms with Gasteiger partial charge in [0.25, 0.3) is 0 Å². The van der Waals surface area contributed by atoms with E-state index in [2.05, 4.69) is 5.32 Å². The smallest absolute Gasteiger partial charge is 0.306 e. The van der Waals surface area contributed by atoms with Crippen molar-refractivity contribution in [2.24, 2.45) is 17.8 Å². The number of carbonyl (C=O) groups excluding carboxylic acids is 1. The number of carbonyl (C=O) groups is 2. The number of aliphatic carboxylic acids is 1. The van der Waals surface area contributed by atoms with Crippen LogP contribution in [0.4, 0.5) is 0 Å². The second kappa shape index (κ2) is 4.95. The molecule has 1 aliphatic carbocycles. The van der Waals surface area contributed by atoms with Crippen molar-refractivity contribution in [2.75, 3.05) is 13.1 Å². The molecule has 4 nitrogen and oxygen atoms in total. The number of Topliss-reactive ketones (excluding diaryl/α,β-unsaturated/α-hetero) is 1. The van der Waals surface area contributed by atoms with Crippen molar-refractivity contribution in [3.05, 3.63) is 0 Å². The summed E-state index contributed by atoms with van der Waals surface area (Å²) >= 11 is 0. The van der Waals surface area contributed by atoms with Gasteiger partial charge in [-0.05, 0) is 38.6 Å². The molecule has 0 aromatic heterocycles. The van der Waals surface area contributed by atoms with Gasteiger partial charge in [-0.3, -0.25) is 9.59 Å². The summed E-state index contributed by atoms with van der Waals surface area (Å²) in [5.41, 5.74) is 0. The van der Waals surface area contributed by atoms with Gasteiger partial charge < -0.3 is 10.4 Å². The van der Waals surface area contributed by atoms with E-state index < -0.39 is 5.97 Å². The molecular weight excluding hydrogens is 206 g/mol. The lowest BCUT2D eigenvalue weighted by Gasteiger charge is -2.26. The molecular formula is C12H19NO3. The SMILES string of the molecule is O=C(O)C1CCC(C(=O)C2CCNC2)CC1. The molecule has 0 aromatic carbocycles. The number of rotatable bonds is 3. The predicted molar refractivity (Wildman–Crippen MR) is 59.1 cm³/mol. The fraction of sp³-hybridized carbons (Fsp3) is 0.833. The van der Waals surface area contributed by atoms with Gasteiger partial charge >= 0.3 is 5.97 Å². The van der Waals surface area contributed by atoms with Crippen LogP contribution in [0.3, 0.4) is 0 Å². The van der Waals surface area contributed by atoms with Crippen LogP contribution in [0.15, 0.2) is 0 Å². The molecule has 90 valence electrons. The van der Waals surface area contributed by atoms with Crippen molar-refractivity contribution in [1.29, 1.82) is 0 Å². The quantitative estimate of drug-likeness (QED) is 0.753. The van der Waals surface area contributed by atoms with Crippen LogP contribution in [-0.2, 0) is 9.59 Å². The first-order chi connectivity index (χ1) is 7.68. The van der Waals surface area contributed by atoms with Gasteiger partial charge in [-0.2, -0.15) is 0 Å². The number of hydrogen-bond donors (Lipinski definition) is 2. The summed E-state index contributed by atoms with van der Waals surface area (Å²) in [6.45, 7) is 1.76. The highest BCUT2D eigenvalue weighted by Gasteiger charge is 2.33. The molecule has 2 N–H and O–H groups in total. The highest BCUT2D eigenvalue weighted by atomic mass is 16.4. The van der Waals surface area contributed by atoms with E-state index in [9.17, 15) is 9.59 Å². The van der Waals surface area contributed by atoms with Crippen molar-refractivity contribution >= 4 is 11.8 Å². The molecule has 0 amide bonds. The van der Waals surface area contributed by atoms with E-state index in [1.54, 1.807) is 0 Å². The fourth-order valence-corrected chi connectivity index (χ4v) is 2.86. The second-order valence-electron chi connectivity index (χ2n) is 4.98. The summed E-state index contributed by atoms with van der Waals surface area (Å²) in [6.07, 6.45) is 3.84. The van der Waals surface area contributed by atoms with Crippen LogP contribution in [0.1, 0.15) is 32.1 Å². The predicted octanol–water partition coefficient (Wildman–Crippen LogP) is 1.06. The normalized spacial score (nSPS) is 34.9. The maximum atomic E-state index is 12.1. The van der Waals surface area contributed by atoms with Crippen molar-refractivity contribution < 1.29 is 14.7 Å². The highest BCUT2D eigenvalue weighted by molar-refractivity contribution is 5.84. The van der Waals surface area contributed by atoms with E-state index in [4.69, 9.17) is 5.11 Å². The van der Waals surface area contributed by atoms with E-state index in [1.165, 1.54) is 0 Å². The van der Waals surface area contributed by atoms with E-state index in [1.807, 2.05) is 0 Å². The van der Waals surface area contributed by atoms with Crippen molar-refractivity contribution in [3.63, 3.8) is 0 Å². The third-order valence-electron chi connectivity index (χ3n) is 3.94. The van der Waals surface area contributed by atoms with Gasteiger partial charge in [0.15, 0.2) is 0 Å². The molecule has 16 heavy (non-hydrogen) atoms. The number of carboxylic acids is 1. The van der Waals surface area contributed by atoms with Crippen LogP contribution < -0.4 is 5.32 Å². The Morgan fingerprint density at radius 2 is 1.56 bits per heavy atom. The minimum atomic E-state index is -0.701. The fourth-order valence-electron chi connectivity index (χ4n) is 2.86. The second-order valence-corrected chi connectivity index (χ2v) is 4.98. The first-order valence-electron chi connectivity index (χ1n) is 6.15. The Morgan fingerprint density at radius 3 is 2.06 bits per heavy atom. The number of hydrogen-bond acceptors (Lipinski definition) is 3. The molecule has 2 aliphatic rings. The molecule has 0 bridgehead atoms. The van der Waals surface area contributed by atoms with E-state index in [-0.39, 0.29) is 17.8 Å². The van der Waals surface area contributed by atoms with Crippen molar-refractivity contribution in [2.45, 2.75) is 32.1 Å². The molecule has 0 radical (unpaired) electrons. The topological polar surface area (TPSA) is 66.4 Å². The van der Waals surface area contributed by atoms with Gasteiger partial charge in [0, 0.05) is 18.4 Å². The summed E-state index contributed by atoms with van der Waals surface area (Å²) in [6, 6.07) is 0. The number of carboxylic acid groups (broad SMARTS) is 1. The van der Waals surface area contributed by atoms with Crippen molar-refractivity contribution in [1.82, 2.24) is 5.32 Å². The summed E-state index contributed by atoms with van der Waals surface area (Å²) in [5, 5.41) is 12.1. The molecule has 2 rings (SSSR count). The molecule has 2 fully saturated rings. The van der Waals surface area contributed by atoms with Crippen LogP contribution >= 0.6 is 0 Å². The van der Waals surface area contributed by atoms with Crippen LogP contribution in [0.2, 0.25) is 0 Å². The number of ketones is 1. The van der Waals surface area contributed by atoms with E-state index in [0.29, 0.717) is 18.6 Å². The third-order valence-corrected chi connectivity index (χ3v) is 3.94. The van der Waals surface area contributed by atoms with Gasteiger partial charge in [0.05, 0.1) is 5.92 Å². The van der Waals surface area contributed by atoms with Crippen LogP contribution in [0, 0.1) is 17.8 Å². The Bertz CT molecular complexity index is 276. The van der Waals surface area contributed by atoms with Gasteiger partial charge in [0.2, 0.25) is 0 Å². The third kappa shape index (κ3) is 2.43. The lowest BCUT2D eigenvalue weighted by Crippen LogP contribution is -2.30. The Kier molecular flexibility index (Phi) is 3.59. The van der Waals surface area contributed by atoms with Gasteiger partial charge in [-0.25, -0.2) is 0 Å². The average molecular weight is 225 g/mol. The molecule has 1 atom stereocenters. The molecule has 1 unspecified atom stereocenters. The van der Waals surface area contributed by atoms with Crippen LogP contribution in [0.25, 0.3) is 0 Å². The zero-order valence-corrected chi connectivity index (χ0v) is 9.45. The van der Waals surface area contributed by atoms with Gasteiger partial charge in [-0.1, -0.05) is 0 Å². The molecule has 4 heteroatoms. The Morgan fingerprint density at radius 1 is 0.938 bits per heavy atom. The molecule has 1 aliphatic heterocycles. The number of nitrogens with one attached hydrogen (secondary N) is 1. The molecule has 1 saturated carbocycles. The molecule has 1 heterocycles. The van der Waals surface area contributed by atoms with Crippen LogP contribution in [0.5, 0.6) is 0 Å². The first kappa shape index (κ1) is 11.6. The Hall–Kier alpha value is -0.900. The van der Waals surface area contributed by atoms with E-state index in [0.717, 1.165) is 32.4 Å². The first-order valence-corrected chi connectivity index (χ1v) is 6.15. The molecule has 0 aromatic rings. The van der Waals surface area contributed by atoms with Gasteiger partial charge in [-0.15, -0.1) is 0 Å². The van der Waals surface area contributed by atoms with Crippen LogP contribution in [-0.4, -0.2) is 29.9 Å². The van der Waals surface area contributed by atoms with Crippen molar-refractivity contribution in [3.8, 4) is 0 Å². The lowest BCUT2D eigenvalue weighted by molar-refractivity contribution is -0.144. The largest absolute Gasteiger partial charge is 0.481 e. The standard InChI is InChI=1S/C12H19NO3/c14-11(10-5-6-13-7-10)8-1-3-9(4-2-8)12(15)16/h8-10,13H,1-7H2,(H,15,16). The lowest BCUT2D eigenvalue weighted by atomic mass is 9.77. The summed E-state index contributed by atoms with van der Waals surface area (Å²) in [4.78, 5) is 22.9. The zero-order valence-electron chi connectivity index (χ0n) is 9.45. The molecule has 0 spiro atoms. The zero-order chi connectivity index (χ0) is 11.5. The summed E-state index contributed by atoms with van der Waals surface area (Å²) in [7, 11) is 0. The van der Waals surface area contributed by atoms with E-state index >= 15 is 0 Å². The Labute approximate surface area is 95.4 Å². The Balaban J connectivity index is 1.84. The van der Waals surface area contributed by atoms with Gasteiger partial charge in [0.1, 0.15) is 5.78 Å². The maximum absolute atomic E-state index is 12.1. The summed E-state index contributed by atoms with van der Waals surface area (Å²) in [5.74, 6) is -0.236. The summed E-state index contributed by atoms with van der Waals surface area (Å²) < 4.78 is 0. The minimum absolute atomic E-state index is 0.125. The molecule has 1 saturated heterocycles. The minimum Gasteiger partial charge on any atom is -0.481 e. The monoisotopic (exact) mass is 225 g/mol.